The van der Waals surface area contributed by atoms with Gasteiger partial charge in [0.15, 0.2) is 0 Å². The Bertz CT molecular complexity index is 596. The quantitative estimate of drug-likeness (QED) is 0.157. The van der Waals surface area contributed by atoms with E-state index in [1.807, 2.05) is 0 Å². The summed E-state index contributed by atoms with van der Waals surface area (Å²) in [7, 11) is -17.5. The van der Waals surface area contributed by atoms with E-state index in [4.69, 9.17) is 38.9 Å². The molecule has 0 aliphatic carbocycles. The molecule has 0 aliphatic rings. The van der Waals surface area contributed by atoms with Crippen molar-refractivity contribution in [2.45, 2.75) is 16.5 Å². The summed E-state index contributed by atoms with van der Waals surface area (Å²) >= 11 is 0. The first-order valence-corrected chi connectivity index (χ1v) is 8.18. The van der Waals surface area contributed by atoms with Gasteiger partial charge in [0.05, 0.1) is 0 Å². The van der Waals surface area contributed by atoms with Gasteiger partial charge in [-0.2, -0.15) is 64.8 Å². The van der Waals surface area contributed by atoms with Crippen molar-refractivity contribution < 1.29 is 116 Å². The van der Waals surface area contributed by atoms with Crippen LogP contribution < -0.4 is 0 Å². The molecule has 0 aromatic rings. The maximum absolute atomic E-state index is 10.7. The normalized spacial score (nSPS) is 13.4. The molecule has 3 N–H and O–H groups in total. The molecule has 0 unspecified atom stereocenters. The van der Waals surface area contributed by atoms with Crippen LogP contribution >= 0.6 is 0 Å². The Morgan fingerprint density at radius 1 is 0.440 bits per heavy atom. The van der Waals surface area contributed by atoms with E-state index in [1.54, 1.807) is 0 Å². The first kappa shape index (κ1) is 33.0. The Labute approximate surface area is 162 Å². The molecule has 1 radical (unpaired) electrons. The van der Waals surface area contributed by atoms with Gasteiger partial charge in [-0.25, -0.2) is 0 Å². The number of halogens is 9. The predicted molar refractivity (Wildman–Crippen MR) is 52.8 cm³/mol. The van der Waals surface area contributed by atoms with E-state index >= 15 is 0 Å². The van der Waals surface area contributed by atoms with Crippen molar-refractivity contribution in [2.75, 3.05) is 0 Å². The minimum Gasteiger partial charge on any atom is -0.279 e. The van der Waals surface area contributed by atoms with Crippen LogP contribution in [-0.4, -0.2) is 55.4 Å². The molecule has 0 aromatic heterocycles. The molecule has 161 valence electrons. The molecule has 9 nitrogen and oxygen atoms in total. The topological polar surface area (TPSA) is 163 Å². The molecule has 0 atom stereocenters. The van der Waals surface area contributed by atoms with Crippen LogP contribution in [0.15, 0.2) is 0 Å². The van der Waals surface area contributed by atoms with Gasteiger partial charge in [-0.3, -0.25) is 13.7 Å². The van der Waals surface area contributed by atoms with Crippen molar-refractivity contribution in [3.8, 4) is 0 Å². The van der Waals surface area contributed by atoms with E-state index in [0.717, 1.165) is 0 Å². The Balaban J connectivity index is -0.000000130. The van der Waals surface area contributed by atoms with Gasteiger partial charge in [0.25, 0.3) is 0 Å². The third kappa shape index (κ3) is 16.3. The molecule has 0 spiro atoms. The van der Waals surface area contributed by atoms with Crippen LogP contribution in [0, 0.1) is 37.7 Å². The molecule has 0 fully saturated rings. The van der Waals surface area contributed by atoms with E-state index < -0.39 is 46.9 Å². The third-order valence-corrected chi connectivity index (χ3v) is 2.63. The SMILES string of the molecule is O=S(=O)(O)C(F)(F)F.O=S(=O)(O)C(F)(F)F.O=S(=O)(O)C(F)(F)F.[Ho]. The Morgan fingerprint density at radius 3 is 0.480 bits per heavy atom. The summed E-state index contributed by atoms with van der Waals surface area (Å²) in [6, 6.07) is 0. The molecule has 0 bridgehead atoms. The van der Waals surface area contributed by atoms with Crippen LogP contribution in [0.25, 0.3) is 0 Å². The fourth-order valence-corrected chi connectivity index (χ4v) is 0. The Hall–Kier alpha value is 0.360. The molecule has 0 rings (SSSR count). The van der Waals surface area contributed by atoms with Gasteiger partial charge in [0.2, 0.25) is 0 Å². The molecule has 0 amide bonds. The van der Waals surface area contributed by atoms with E-state index in [9.17, 15) is 39.5 Å². The van der Waals surface area contributed by atoms with Crippen LogP contribution in [0.2, 0.25) is 0 Å². The zero-order chi connectivity index (χ0) is 21.0. The minimum atomic E-state index is -5.84. The second kappa shape index (κ2) is 10.1. The van der Waals surface area contributed by atoms with Gasteiger partial charge < -0.3 is 0 Å². The van der Waals surface area contributed by atoms with E-state index in [2.05, 4.69) is 0 Å². The minimum absolute atomic E-state index is 0. The molecular weight excluding hydrogens is 612 g/mol. The van der Waals surface area contributed by atoms with Gasteiger partial charge in [-0.05, 0) is 0 Å². The smallest absolute Gasteiger partial charge is 0.279 e. The first-order valence-electron chi connectivity index (χ1n) is 3.86. The van der Waals surface area contributed by atoms with Gasteiger partial charge in [-0.15, -0.1) is 0 Å². The summed E-state index contributed by atoms with van der Waals surface area (Å²) in [6.07, 6.45) is 0. The van der Waals surface area contributed by atoms with Crippen LogP contribution in [-0.2, 0) is 30.4 Å². The molecular formula is C3H3F9HoO9S3. The van der Waals surface area contributed by atoms with Crippen molar-refractivity contribution in [3.05, 3.63) is 0 Å². The fraction of sp³-hybridized carbons (Fsp3) is 1.00. The van der Waals surface area contributed by atoms with Gasteiger partial charge >= 0.3 is 46.9 Å². The fourth-order valence-electron chi connectivity index (χ4n) is 0. The number of hydrogen-bond acceptors (Lipinski definition) is 6. The Kier molecular flexibility index (Phi) is 13.3. The number of rotatable bonds is 0. The summed E-state index contributed by atoms with van der Waals surface area (Å²) in [6.45, 7) is 0. The summed E-state index contributed by atoms with van der Waals surface area (Å²) < 4.78 is 173. The molecule has 22 heteroatoms. The predicted octanol–water partition coefficient (Wildman–Crippen LogP) is 1.18. The van der Waals surface area contributed by atoms with Crippen molar-refractivity contribution >= 4 is 30.4 Å². The average molecular weight is 615 g/mol. The third-order valence-electron chi connectivity index (χ3n) is 0.877. The first-order chi connectivity index (χ1) is 9.75. The van der Waals surface area contributed by atoms with Crippen LogP contribution in [0.5, 0.6) is 0 Å². The van der Waals surface area contributed by atoms with Crippen molar-refractivity contribution in [2.24, 2.45) is 0 Å². The Morgan fingerprint density at radius 2 is 0.480 bits per heavy atom. The molecule has 0 saturated heterocycles. The summed E-state index contributed by atoms with van der Waals surface area (Å²) in [4.78, 5) is 0. The second-order valence-electron chi connectivity index (χ2n) is 2.76. The molecule has 0 saturated carbocycles. The van der Waals surface area contributed by atoms with Gasteiger partial charge in [0.1, 0.15) is 0 Å². The molecule has 25 heavy (non-hydrogen) atoms. The van der Waals surface area contributed by atoms with E-state index in [0.29, 0.717) is 0 Å². The summed E-state index contributed by atoms with van der Waals surface area (Å²) in [5.41, 5.74) is -16.6. The van der Waals surface area contributed by atoms with Crippen LogP contribution in [0.4, 0.5) is 39.5 Å². The van der Waals surface area contributed by atoms with Crippen molar-refractivity contribution in [1.29, 1.82) is 0 Å². The maximum atomic E-state index is 10.7. The van der Waals surface area contributed by atoms with Crippen LogP contribution in [0.3, 0.4) is 0 Å². The van der Waals surface area contributed by atoms with Crippen molar-refractivity contribution in [1.82, 2.24) is 0 Å². The average Bonchev–Trinajstić information content (AvgIpc) is 2.08. The maximum Gasteiger partial charge on any atom is 0.522 e. The second-order valence-corrected chi connectivity index (χ2v) is 7.00. The monoisotopic (exact) mass is 615 g/mol. The molecule has 0 heterocycles. The van der Waals surface area contributed by atoms with Gasteiger partial charge in [0, 0.05) is 37.7 Å². The standard InChI is InChI=1S/3CHF3O3S.Ho/c3*2-1(3,4)8(5,6)7;/h3*(H,5,6,7);. The molecule has 0 aromatic carbocycles. The zero-order valence-electron chi connectivity index (χ0n) is 10.2. The summed E-state index contributed by atoms with van der Waals surface area (Å²) in [5.74, 6) is 0. The number of hydrogen-bond donors (Lipinski definition) is 3. The molecule has 0 aliphatic heterocycles. The van der Waals surface area contributed by atoms with Crippen LogP contribution in [0.1, 0.15) is 0 Å². The van der Waals surface area contributed by atoms with Gasteiger partial charge in [-0.1, -0.05) is 0 Å². The zero-order valence-corrected chi connectivity index (χ0v) is 14.6. The number of alkyl halides is 9. The van der Waals surface area contributed by atoms with E-state index in [1.165, 1.54) is 0 Å². The largest absolute Gasteiger partial charge is 0.522 e. The van der Waals surface area contributed by atoms with E-state index in [-0.39, 0.29) is 37.7 Å². The van der Waals surface area contributed by atoms with Crippen molar-refractivity contribution in [3.63, 3.8) is 0 Å². The summed E-state index contributed by atoms with van der Waals surface area (Å²) in [5, 5.41) is 0.